The van der Waals surface area contributed by atoms with E-state index < -0.39 is 6.03 Å². The highest BCUT2D eigenvalue weighted by atomic mass is 35.5. The van der Waals surface area contributed by atoms with Crippen molar-refractivity contribution in [3.63, 3.8) is 0 Å². The molecule has 29 heavy (non-hydrogen) atoms. The van der Waals surface area contributed by atoms with E-state index in [1.165, 1.54) is 17.7 Å². The van der Waals surface area contributed by atoms with Gasteiger partial charge in [0, 0.05) is 26.1 Å². The van der Waals surface area contributed by atoms with Crippen molar-refractivity contribution in [3.05, 3.63) is 29.8 Å². The number of imide groups is 1. The first-order valence-corrected chi connectivity index (χ1v) is 10.3. The number of carbonyl (C=O) groups is 3. The molecule has 3 heterocycles. The molecule has 0 aromatic heterocycles. The first-order chi connectivity index (χ1) is 13.6. The molecule has 0 spiro atoms. The number of nitrogens with zero attached hydrogens (tertiary/aromatic N) is 2. The van der Waals surface area contributed by atoms with E-state index in [1.807, 2.05) is 17.0 Å². The number of rotatable bonds is 3. The minimum Gasteiger partial charge on any atom is -0.339 e. The van der Waals surface area contributed by atoms with E-state index >= 15 is 0 Å². The molecule has 4 amide bonds. The molecule has 0 bridgehead atoms. The molecule has 1 aromatic carbocycles. The smallest absolute Gasteiger partial charge is 0.328 e. The molecular weight excluding hydrogens is 392 g/mol. The van der Waals surface area contributed by atoms with E-state index in [0.717, 1.165) is 44.9 Å². The highest BCUT2D eigenvalue weighted by molar-refractivity contribution is 6.09. The summed E-state index contributed by atoms with van der Waals surface area (Å²) in [6, 6.07) is 6.75. The molecule has 3 saturated heterocycles. The maximum absolute atomic E-state index is 13.2. The fourth-order valence-electron chi connectivity index (χ4n) is 4.74. The Balaban J connectivity index is 0.00000240. The number of anilines is 1. The first kappa shape index (κ1) is 21.6. The highest BCUT2D eigenvalue weighted by Crippen LogP contribution is 2.32. The second-order valence-corrected chi connectivity index (χ2v) is 7.99. The van der Waals surface area contributed by atoms with Crippen molar-refractivity contribution in [2.75, 3.05) is 37.6 Å². The molecule has 0 radical (unpaired) electrons. The number of likely N-dealkylation sites (tertiary alicyclic amines) is 1. The van der Waals surface area contributed by atoms with Crippen LogP contribution in [0.4, 0.5) is 10.5 Å². The molecule has 7 nitrogen and oxygen atoms in total. The molecule has 3 aliphatic heterocycles. The Labute approximate surface area is 177 Å². The standard InChI is InChI=1S/C21H28N4O3.ClH/c26-19-9-14-25(21(28)23-19)18-4-2-1-3-17(18)20(27)24-12-7-16(8-13-24)15-5-10-22-11-6-15;/h1-4,15-16,22H,5-14H2,(H,23,26,28);1H. The van der Waals surface area contributed by atoms with Crippen LogP contribution >= 0.6 is 12.4 Å². The van der Waals surface area contributed by atoms with Gasteiger partial charge in [0.15, 0.2) is 0 Å². The van der Waals surface area contributed by atoms with Crippen molar-refractivity contribution >= 4 is 35.9 Å². The third kappa shape index (κ3) is 4.73. The predicted molar refractivity (Wildman–Crippen MR) is 113 cm³/mol. The Morgan fingerprint density at radius 3 is 2.28 bits per heavy atom. The lowest BCUT2D eigenvalue weighted by Gasteiger charge is -2.38. The van der Waals surface area contributed by atoms with Gasteiger partial charge in [-0.05, 0) is 62.7 Å². The largest absolute Gasteiger partial charge is 0.339 e. The van der Waals surface area contributed by atoms with Gasteiger partial charge in [-0.15, -0.1) is 12.4 Å². The second kappa shape index (κ2) is 9.59. The van der Waals surface area contributed by atoms with Gasteiger partial charge in [0.2, 0.25) is 5.91 Å². The minimum absolute atomic E-state index is 0. The molecule has 0 atom stereocenters. The molecule has 4 rings (SSSR count). The van der Waals surface area contributed by atoms with E-state index in [-0.39, 0.29) is 30.6 Å². The third-order valence-electron chi connectivity index (χ3n) is 6.36. The van der Waals surface area contributed by atoms with Crippen LogP contribution in [0.5, 0.6) is 0 Å². The summed E-state index contributed by atoms with van der Waals surface area (Å²) in [5, 5.41) is 5.76. The Morgan fingerprint density at radius 1 is 0.931 bits per heavy atom. The summed E-state index contributed by atoms with van der Waals surface area (Å²) in [5.41, 5.74) is 1.12. The van der Waals surface area contributed by atoms with Crippen LogP contribution < -0.4 is 15.5 Å². The lowest BCUT2D eigenvalue weighted by Crippen LogP contribution is -2.50. The number of halogens is 1. The zero-order chi connectivity index (χ0) is 19.5. The Hall–Kier alpha value is -2.12. The average Bonchev–Trinajstić information content (AvgIpc) is 2.74. The minimum atomic E-state index is -0.457. The summed E-state index contributed by atoms with van der Waals surface area (Å²) < 4.78 is 0. The van der Waals surface area contributed by atoms with Crippen molar-refractivity contribution < 1.29 is 14.4 Å². The van der Waals surface area contributed by atoms with Gasteiger partial charge < -0.3 is 10.2 Å². The summed E-state index contributed by atoms with van der Waals surface area (Å²) in [6.45, 7) is 4.06. The number of hydrogen-bond acceptors (Lipinski definition) is 4. The summed E-state index contributed by atoms with van der Waals surface area (Å²) >= 11 is 0. The number of urea groups is 1. The van der Waals surface area contributed by atoms with Crippen LogP contribution in [-0.4, -0.2) is 55.5 Å². The lowest BCUT2D eigenvalue weighted by molar-refractivity contribution is -0.120. The van der Waals surface area contributed by atoms with Crippen molar-refractivity contribution in [1.82, 2.24) is 15.5 Å². The van der Waals surface area contributed by atoms with Gasteiger partial charge in [0.05, 0.1) is 11.3 Å². The van der Waals surface area contributed by atoms with Crippen molar-refractivity contribution in [2.24, 2.45) is 11.8 Å². The van der Waals surface area contributed by atoms with Crippen LogP contribution in [0.15, 0.2) is 24.3 Å². The molecular formula is C21H29ClN4O3. The second-order valence-electron chi connectivity index (χ2n) is 7.99. The van der Waals surface area contributed by atoms with Gasteiger partial charge in [0.25, 0.3) is 5.91 Å². The van der Waals surface area contributed by atoms with Crippen LogP contribution in [0, 0.1) is 11.8 Å². The Bertz CT molecular complexity index is 758. The average molecular weight is 421 g/mol. The fourth-order valence-corrected chi connectivity index (χ4v) is 4.74. The normalized spacial score (nSPS) is 21.5. The number of para-hydroxylation sites is 1. The summed E-state index contributed by atoms with van der Waals surface area (Å²) in [4.78, 5) is 40.3. The van der Waals surface area contributed by atoms with Gasteiger partial charge in [-0.3, -0.25) is 19.8 Å². The number of amides is 4. The zero-order valence-corrected chi connectivity index (χ0v) is 17.4. The van der Waals surface area contributed by atoms with Gasteiger partial charge >= 0.3 is 6.03 Å². The molecule has 8 heteroatoms. The van der Waals surface area contributed by atoms with Crippen molar-refractivity contribution in [3.8, 4) is 0 Å². The van der Waals surface area contributed by atoms with Gasteiger partial charge in [0.1, 0.15) is 0 Å². The summed E-state index contributed by atoms with van der Waals surface area (Å²) in [6.07, 6.45) is 4.83. The number of piperidine rings is 2. The molecule has 3 aliphatic rings. The molecule has 0 aliphatic carbocycles. The fraction of sp³-hybridized carbons (Fsp3) is 0.571. The summed E-state index contributed by atoms with van der Waals surface area (Å²) in [5.74, 6) is 1.19. The van der Waals surface area contributed by atoms with Crippen LogP contribution in [0.2, 0.25) is 0 Å². The molecule has 1 aromatic rings. The lowest BCUT2D eigenvalue weighted by atomic mass is 9.79. The topological polar surface area (TPSA) is 81.8 Å². The molecule has 0 unspecified atom stereocenters. The van der Waals surface area contributed by atoms with Crippen LogP contribution in [0.1, 0.15) is 42.5 Å². The van der Waals surface area contributed by atoms with E-state index in [9.17, 15) is 14.4 Å². The van der Waals surface area contributed by atoms with Gasteiger partial charge in [-0.1, -0.05) is 12.1 Å². The first-order valence-electron chi connectivity index (χ1n) is 10.3. The number of carbonyl (C=O) groups excluding carboxylic acids is 3. The number of hydrogen-bond donors (Lipinski definition) is 2. The SMILES string of the molecule is Cl.O=C1CCN(c2ccccc2C(=O)N2CCC(C3CCNCC3)CC2)C(=O)N1. The predicted octanol–water partition coefficient (Wildman–Crippen LogP) is 2.41. The van der Waals surface area contributed by atoms with Gasteiger partial charge in [-0.2, -0.15) is 0 Å². The monoisotopic (exact) mass is 420 g/mol. The van der Waals surface area contributed by atoms with Crippen LogP contribution in [0.25, 0.3) is 0 Å². The van der Waals surface area contributed by atoms with Crippen LogP contribution in [0.3, 0.4) is 0 Å². The van der Waals surface area contributed by atoms with Crippen molar-refractivity contribution in [2.45, 2.75) is 32.1 Å². The number of benzene rings is 1. The zero-order valence-electron chi connectivity index (χ0n) is 16.6. The van der Waals surface area contributed by atoms with E-state index in [1.54, 1.807) is 12.1 Å². The molecule has 3 fully saturated rings. The molecule has 0 saturated carbocycles. The van der Waals surface area contributed by atoms with E-state index in [2.05, 4.69) is 10.6 Å². The maximum atomic E-state index is 13.2. The third-order valence-corrected chi connectivity index (χ3v) is 6.36. The highest BCUT2D eigenvalue weighted by Gasteiger charge is 2.32. The maximum Gasteiger partial charge on any atom is 0.328 e. The molecule has 2 N–H and O–H groups in total. The van der Waals surface area contributed by atoms with E-state index in [0.29, 0.717) is 23.7 Å². The van der Waals surface area contributed by atoms with Gasteiger partial charge in [-0.25, -0.2) is 4.79 Å². The van der Waals surface area contributed by atoms with Crippen LogP contribution in [-0.2, 0) is 4.79 Å². The quantitative estimate of drug-likeness (QED) is 0.786. The number of nitrogens with one attached hydrogen (secondary N) is 2. The Kier molecular flexibility index (Phi) is 7.14. The van der Waals surface area contributed by atoms with E-state index in [4.69, 9.17) is 0 Å². The Morgan fingerprint density at radius 2 is 1.59 bits per heavy atom. The van der Waals surface area contributed by atoms with Crippen molar-refractivity contribution in [1.29, 1.82) is 0 Å². The summed E-state index contributed by atoms with van der Waals surface area (Å²) in [7, 11) is 0. The molecule has 158 valence electrons.